The van der Waals surface area contributed by atoms with Crippen LogP contribution in [0.4, 0.5) is 4.39 Å². The number of hydrogen-bond acceptors (Lipinski definition) is 3. The maximum atomic E-state index is 12.9. The van der Waals surface area contributed by atoms with Crippen LogP contribution in [0.3, 0.4) is 0 Å². The molecule has 3 rings (SSSR count). The summed E-state index contributed by atoms with van der Waals surface area (Å²) in [6, 6.07) is 15.4. The quantitative estimate of drug-likeness (QED) is 0.623. The molecule has 3 nitrogen and oxygen atoms in total. The number of benzene rings is 2. The second-order valence-electron chi connectivity index (χ2n) is 7.45. The van der Waals surface area contributed by atoms with Crippen molar-refractivity contribution in [2.75, 3.05) is 45.9 Å². The lowest BCUT2D eigenvalue weighted by molar-refractivity contribution is 0.0682. The van der Waals surface area contributed by atoms with E-state index in [4.69, 9.17) is 4.74 Å². The molecule has 0 N–H and O–H groups in total. The summed E-state index contributed by atoms with van der Waals surface area (Å²) in [5.74, 6) is -0.199. The molecule has 2 aromatic carbocycles. The number of aryl methyl sites for hydroxylation is 2. The van der Waals surface area contributed by atoms with Gasteiger partial charge in [-0.3, -0.25) is 4.90 Å². The molecule has 0 aliphatic carbocycles. The predicted molar refractivity (Wildman–Crippen MR) is 108 cm³/mol. The fourth-order valence-electron chi connectivity index (χ4n) is 3.46. The molecule has 1 aliphatic heterocycles. The van der Waals surface area contributed by atoms with Gasteiger partial charge < -0.3 is 9.64 Å². The highest BCUT2D eigenvalue weighted by Crippen LogP contribution is 2.09. The molecule has 1 heterocycles. The zero-order chi connectivity index (χ0) is 18.9. The number of rotatable bonds is 9. The fraction of sp³-hybridized carbons (Fsp3) is 0.478. The molecular weight excluding hydrogens is 339 g/mol. The molecule has 146 valence electrons. The second-order valence-corrected chi connectivity index (χ2v) is 7.45. The molecule has 0 unspecified atom stereocenters. The molecule has 4 heteroatoms. The Hall–Kier alpha value is -1.75. The highest BCUT2D eigenvalue weighted by Gasteiger charge is 2.16. The maximum Gasteiger partial charge on any atom is 0.123 e. The van der Waals surface area contributed by atoms with E-state index >= 15 is 0 Å². The minimum atomic E-state index is -0.199. The summed E-state index contributed by atoms with van der Waals surface area (Å²) < 4.78 is 18.6. The van der Waals surface area contributed by atoms with Crippen molar-refractivity contribution in [3.8, 4) is 0 Å². The van der Waals surface area contributed by atoms with Gasteiger partial charge in [0.15, 0.2) is 0 Å². The standard InChI is InChI=1S/C23H31FN2O/c1-20-4-6-21(7-5-20)3-2-12-25-13-15-26(16-14-25)17-18-27-19-22-8-10-23(24)11-9-22/h4-11H,2-3,12-19H2,1H3. The van der Waals surface area contributed by atoms with Crippen LogP contribution in [0, 0.1) is 12.7 Å². The Balaban J connectivity index is 1.24. The van der Waals surface area contributed by atoms with Gasteiger partial charge in [-0.15, -0.1) is 0 Å². The number of piperazine rings is 1. The summed E-state index contributed by atoms with van der Waals surface area (Å²) in [5, 5.41) is 0. The van der Waals surface area contributed by atoms with E-state index in [0.717, 1.165) is 51.3 Å². The van der Waals surface area contributed by atoms with Gasteiger partial charge in [0.1, 0.15) is 5.82 Å². The van der Waals surface area contributed by atoms with Gasteiger partial charge in [-0.05, 0) is 49.6 Å². The van der Waals surface area contributed by atoms with Crippen LogP contribution in [0.5, 0.6) is 0 Å². The minimum absolute atomic E-state index is 0.199. The monoisotopic (exact) mass is 370 g/mol. The predicted octanol–water partition coefficient (Wildman–Crippen LogP) is 3.90. The van der Waals surface area contributed by atoms with E-state index in [1.54, 1.807) is 12.1 Å². The van der Waals surface area contributed by atoms with Crippen LogP contribution < -0.4 is 0 Å². The molecule has 0 atom stereocenters. The molecular formula is C23H31FN2O. The van der Waals surface area contributed by atoms with Gasteiger partial charge in [-0.1, -0.05) is 42.0 Å². The summed E-state index contributed by atoms with van der Waals surface area (Å²) in [6.45, 7) is 10.1. The molecule has 0 radical (unpaired) electrons. The van der Waals surface area contributed by atoms with Crippen molar-refractivity contribution in [3.63, 3.8) is 0 Å². The first-order valence-corrected chi connectivity index (χ1v) is 10.0. The third-order valence-electron chi connectivity index (χ3n) is 5.26. The normalized spacial score (nSPS) is 15.9. The first-order valence-electron chi connectivity index (χ1n) is 10.0. The summed E-state index contributed by atoms with van der Waals surface area (Å²) in [5.41, 5.74) is 3.80. The Morgan fingerprint density at radius 2 is 1.41 bits per heavy atom. The van der Waals surface area contributed by atoms with E-state index in [1.807, 2.05) is 0 Å². The Morgan fingerprint density at radius 1 is 0.815 bits per heavy atom. The lowest BCUT2D eigenvalue weighted by atomic mass is 10.1. The van der Waals surface area contributed by atoms with Crippen molar-refractivity contribution in [1.82, 2.24) is 9.80 Å². The van der Waals surface area contributed by atoms with Crippen molar-refractivity contribution in [3.05, 3.63) is 71.0 Å². The number of ether oxygens (including phenoxy) is 1. The molecule has 27 heavy (non-hydrogen) atoms. The van der Waals surface area contributed by atoms with Crippen LogP contribution >= 0.6 is 0 Å². The molecule has 1 aliphatic rings. The van der Waals surface area contributed by atoms with Crippen LogP contribution in [0.15, 0.2) is 48.5 Å². The van der Waals surface area contributed by atoms with Crippen molar-refractivity contribution in [2.24, 2.45) is 0 Å². The van der Waals surface area contributed by atoms with Crippen LogP contribution in [-0.4, -0.2) is 55.7 Å². The Morgan fingerprint density at radius 3 is 2.07 bits per heavy atom. The maximum absolute atomic E-state index is 12.9. The lowest BCUT2D eigenvalue weighted by Crippen LogP contribution is -2.47. The van der Waals surface area contributed by atoms with E-state index in [0.29, 0.717) is 6.61 Å². The summed E-state index contributed by atoms with van der Waals surface area (Å²) in [6.07, 6.45) is 2.39. The van der Waals surface area contributed by atoms with Gasteiger partial charge in [0.25, 0.3) is 0 Å². The van der Waals surface area contributed by atoms with E-state index in [-0.39, 0.29) is 5.82 Å². The van der Waals surface area contributed by atoms with E-state index in [9.17, 15) is 4.39 Å². The molecule has 1 fully saturated rings. The van der Waals surface area contributed by atoms with Gasteiger partial charge in [0.2, 0.25) is 0 Å². The molecule has 0 aromatic heterocycles. The fourth-order valence-corrected chi connectivity index (χ4v) is 3.46. The SMILES string of the molecule is Cc1ccc(CCCN2CCN(CCOCc3ccc(F)cc3)CC2)cc1. The molecule has 1 saturated heterocycles. The molecule has 0 amide bonds. The van der Waals surface area contributed by atoms with Gasteiger partial charge in [0.05, 0.1) is 13.2 Å². The van der Waals surface area contributed by atoms with Crippen LogP contribution in [0.2, 0.25) is 0 Å². The third-order valence-corrected chi connectivity index (χ3v) is 5.26. The van der Waals surface area contributed by atoms with Crippen LogP contribution in [0.25, 0.3) is 0 Å². The minimum Gasteiger partial charge on any atom is -0.375 e. The molecule has 0 bridgehead atoms. The molecule has 0 spiro atoms. The van der Waals surface area contributed by atoms with Gasteiger partial charge >= 0.3 is 0 Å². The zero-order valence-corrected chi connectivity index (χ0v) is 16.4. The van der Waals surface area contributed by atoms with Crippen LogP contribution in [0.1, 0.15) is 23.1 Å². The van der Waals surface area contributed by atoms with E-state index in [1.165, 1.54) is 36.2 Å². The Labute approximate surface area is 162 Å². The first-order chi connectivity index (χ1) is 13.2. The number of halogens is 1. The third kappa shape index (κ3) is 7.06. The highest BCUT2D eigenvalue weighted by atomic mass is 19.1. The average molecular weight is 371 g/mol. The lowest BCUT2D eigenvalue weighted by Gasteiger charge is -2.34. The summed E-state index contributed by atoms with van der Waals surface area (Å²) >= 11 is 0. The number of hydrogen-bond donors (Lipinski definition) is 0. The van der Waals surface area contributed by atoms with Gasteiger partial charge in [0, 0.05) is 32.7 Å². The van der Waals surface area contributed by atoms with Crippen LogP contribution in [-0.2, 0) is 17.8 Å². The van der Waals surface area contributed by atoms with Crippen molar-refractivity contribution >= 4 is 0 Å². The number of nitrogens with zero attached hydrogens (tertiary/aromatic N) is 2. The second kappa shape index (κ2) is 10.5. The largest absolute Gasteiger partial charge is 0.375 e. The first kappa shape index (κ1) is 20.0. The van der Waals surface area contributed by atoms with Crippen molar-refractivity contribution < 1.29 is 9.13 Å². The van der Waals surface area contributed by atoms with Crippen molar-refractivity contribution in [2.45, 2.75) is 26.4 Å². The van der Waals surface area contributed by atoms with Crippen molar-refractivity contribution in [1.29, 1.82) is 0 Å². The molecule has 0 saturated carbocycles. The van der Waals surface area contributed by atoms with Gasteiger partial charge in [-0.2, -0.15) is 0 Å². The average Bonchev–Trinajstić information content (AvgIpc) is 2.69. The van der Waals surface area contributed by atoms with E-state index in [2.05, 4.69) is 41.0 Å². The summed E-state index contributed by atoms with van der Waals surface area (Å²) in [7, 11) is 0. The Bertz CT molecular complexity index is 664. The molecule has 2 aromatic rings. The smallest absolute Gasteiger partial charge is 0.123 e. The topological polar surface area (TPSA) is 15.7 Å². The highest BCUT2D eigenvalue weighted by molar-refractivity contribution is 5.21. The Kier molecular flexibility index (Phi) is 7.81. The summed E-state index contributed by atoms with van der Waals surface area (Å²) in [4.78, 5) is 5.05. The zero-order valence-electron chi connectivity index (χ0n) is 16.4. The van der Waals surface area contributed by atoms with E-state index < -0.39 is 0 Å². The van der Waals surface area contributed by atoms with Gasteiger partial charge in [-0.25, -0.2) is 4.39 Å².